The minimum atomic E-state index is -0.0796. The highest BCUT2D eigenvalue weighted by Gasteiger charge is 2.11. The predicted molar refractivity (Wildman–Crippen MR) is 90.2 cm³/mol. The summed E-state index contributed by atoms with van der Waals surface area (Å²) in [5.41, 5.74) is 2.09. The first-order valence-corrected chi connectivity index (χ1v) is 7.45. The highest BCUT2D eigenvalue weighted by molar-refractivity contribution is 9.10. The van der Waals surface area contributed by atoms with Gasteiger partial charge < -0.3 is 9.97 Å². The number of hydrogen-bond donors (Lipinski definition) is 3. The van der Waals surface area contributed by atoms with Crippen LogP contribution in [0.1, 0.15) is 11.3 Å². The van der Waals surface area contributed by atoms with Crippen LogP contribution in [0.25, 0.3) is 10.9 Å². The van der Waals surface area contributed by atoms with Crippen molar-refractivity contribution >= 4 is 32.7 Å². The van der Waals surface area contributed by atoms with Crippen molar-refractivity contribution in [2.75, 3.05) is 0 Å². The van der Waals surface area contributed by atoms with Crippen LogP contribution in [0.15, 0.2) is 56.9 Å². The third-order valence-electron chi connectivity index (χ3n) is 3.37. The van der Waals surface area contributed by atoms with Gasteiger partial charge >= 0.3 is 0 Å². The highest BCUT2D eigenvalue weighted by Crippen LogP contribution is 2.11. The van der Waals surface area contributed by atoms with E-state index >= 15 is 0 Å². The minimum absolute atomic E-state index is 0.0129. The molecule has 0 aliphatic rings. The number of rotatable bonds is 1. The standard InChI is InChI=1S/C16H13BrN4O/c1-9-14(16(18)21-13-7-6-10(17)8-19-13)20-12-5-3-2-4-11(12)15(9)22/h2-8H,1H3,(H,20,22)(H2,18,19,21). The average molecular weight is 357 g/mol. The molecule has 0 aliphatic carbocycles. The SMILES string of the molecule is Cc1c(C(=N)/N=c2/ccc(Br)c[nH]2)[nH]c2ccccc2c1=O. The molecule has 5 nitrogen and oxygen atoms in total. The van der Waals surface area contributed by atoms with E-state index in [-0.39, 0.29) is 11.3 Å². The summed E-state index contributed by atoms with van der Waals surface area (Å²) in [4.78, 5) is 22.7. The molecule has 0 unspecified atom stereocenters. The van der Waals surface area contributed by atoms with Crippen molar-refractivity contribution in [3.63, 3.8) is 0 Å². The maximum atomic E-state index is 12.4. The molecular formula is C16H13BrN4O. The third kappa shape index (κ3) is 2.65. The molecule has 3 N–H and O–H groups in total. The van der Waals surface area contributed by atoms with Crippen molar-refractivity contribution in [2.24, 2.45) is 4.99 Å². The van der Waals surface area contributed by atoms with Crippen molar-refractivity contribution in [3.05, 3.63) is 74.0 Å². The fraction of sp³-hybridized carbons (Fsp3) is 0.0625. The Morgan fingerprint density at radius 3 is 2.73 bits per heavy atom. The molecule has 2 aromatic heterocycles. The Morgan fingerprint density at radius 2 is 2.00 bits per heavy atom. The van der Waals surface area contributed by atoms with E-state index in [0.29, 0.717) is 27.6 Å². The van der Waals surface area contributed by atoms with Crippen LogP contribution in [0.3, 0.4) is 0 Å². The van der Waals surface area contributed by atoms with Gasteiger partial charge in [-0.2, -0.15) is 0 Å². The molecule has 6 heteroatoms. The van der Waals surface area contributed by atoms with Crippen LogP contribution in [0.5, 0.6) is 0 Å². The lowest BCUT2D eigenvalue weighted by atomic mass is 10.1. The van der Waals surface area contributed by atoms with Crippen molar-refractivity contribution < 1.29 is 0 Å². The second-order valence-electron chi connectivity index (χ2n) is 4.85. The maximum absolute atomic E-state index is 12.4. The zero-order valence-corrected chi connectivity index (χ0v) is 13.4. The maximum Gasteiger partial charge on any atom is 0.193 e. The van der Waals surface area contributed by atoms with E-state index in [1.165, 1.54) is 0 Å². The summed E-state index contributed by atoms with van der Waals surface area (Å²) < 4.78 is 0.897. The summed E-state index contributed by atoms with van der Waals surface area (Å²) in [6.45, 7) is 1.70. The first-order valence-electron chi connectivity index (χ1n) is 6.66. The molecule has 2 heterocycles. The van der Waals surface area contributed by atoms with E-state index in [9.17, 15) is 4.79 Å². The number of hydrogen-bond acceptors (Lipinski definition) is 2. The van der Waals surface area contributed by atoms with E-state index in [2.05, 4.69) is 30.9 Å². The number of para-hydroxylation sites is 1. The van der Waals surface area contributed by atoms with Crippen molar-refractivity contribution in [1.29, 1.82) is 5.41 Å². The van der Waals surface area contributed by atoms with Gasteiger partial charge in [-0.05, 0) is 47.1 Å². The number of pyridine rings is 2. The number of aromatic amines is 2. The molecule has 3 aromatic rings. The summed E-state index contributed by atoms with van der Waals surface area (Å²) in [6, 6.07) is 10.8. The topological polar surface area (TPSA) is 84.9 Å². The number of amidine groups is 1. The summed E-state index contributed by atoms with van der Waals surface area (Å²) in [5, 5.41) is 8.78. The van der Waals surface area contributed by atoms with Gasteiger partial charge in [0.2, 0.25) is 0 Å². The van der Waals surface area contributed by atoms with Crippen LogP contribution >= 0.6 is 15.9 Å². The second-order valence-corrected chi connectivity index (χ2v) is 5.77. The van der Waals surface area contributed by atoms with Gasteiger partial charge in [-0.3, -0.25) is 10.2 Å². The number of nitrogens with one attached hydrogen (secondary N) is 3. The van der Waals surface area contributed by atoms with E-state index in [1.807, 2.05) is 24.3 Å². The van der Waals surface area contributed by atoms with Crippen LogP contribution in [0.4, 0.5) is 0 Å². The number of benzene rings is 1. The van der Waals surface area contributed by atoms with Crippen LogP contribution in [0.2, 0.25) is 0 Å². The quantitative estimate of drug-likeness (QED) is 0.454. The molecule has 22 heavy (non-hydrogen) atoms. The predicted octanol–water partition coefficient (Wildman–Crippen LogP) is 2.85. The molecule has 0 saturated carbocycles. The summed E-state index contributed by atoms with van der Waals surface area (Å²) in [7, 11) is 0. The lowest BCUT2D eigenvalue weighted by Gasteiger charge is -2.06. The molecule has 0 spiro atoms. The number of nitrogens with zero attached hydrogens (tertiary/aromatic N) is 1. The van der Waals surface area contributed by atoms with Gasteiger partial charge in [0.05, 0.1) is 5.69 Å². The first kappa shape index (κ1) is 14.5. The largest absolute Gasteiger partial charge is 0.352 e. The van der Waals surface area contributed by atoms with Crippen LogP contribution in [-0.4, -0.2) is 15.8 Å². The smallest absolute Gasteiger partial charge is 0.193 e. The molecule has 1 aromatic carbocycles. The molecule has 0 atom stereocenters. The van der Waals surface area contributed by atoms with Crippen molar-refractivity contribution in [1.82, 2.24) is 9.97 Å². The third-order valence-corrected chi connectivity index (χ3v) is 3.87. The Hall–Kier alpha value is -2.47. The highest BCUT2D eigenvalue weighted by atomic mass is 79.9. The van der Waals surface area contributed by atoms with Gasteiger partial charge in [-0.15, -0.1) is 0 Å². The van der Waals surface area contributed by atoms with Crippen LogP contribution in [0, 0.1) is 12.3 Å². The Labute approximate surface area is 134 Å². The zero-order valence-electron chi connectivity index (χ0n) is 11.8. The monoisotopic (exact) mass is 356 g/mol. The van der Waals surface area contributed by atoms with Gasteiger partial charge in [0.1, 0.15) is 5.49 Å². The summed E-state index contributed by atoms with van der Waals surface area (Å²) in [6.07, 6.45) is 1.74. The van der Waals surface area contributed by atoms with E-state index < -0.39 is 0 Å². The number of halogens is 1. The fourth-order valence-electron chi connectivity index (χ4n) is 2.21. The average Bonchev–Trinajstić information content (AvgIpc) is 2.53. The van der Waals surface area contributed by atoms with Crippen LogP contribution < -0.4 is 10.9 Å². The number of aromatic nitrogens is 2. The Kier molecular flexibility index (Phi) is 3.77. The number of H-pyrrole nitrogens is 2. The summed E-state index contributed by atoms with van der Waals surface area (Å²) in [5.74, 6) is 0.0129. The molecule has 3 rings (SSSR count). The summed E-state index contributed by atoms with van der Waals surface area (Å²) >= 11 is 3.33. The minimum Gasteiger partial charge on any atom is -0.352 e. The molecule has 0 saturated heterocycles. The normalized spacial score (nSPS) is 11.8. The molecule has 0 amide bonds. The number of fused-ring (bicyclic) bond motifs is 1. The van der Waals surface area contributed by atoms with Gasteiger partial charge in [0.15, 0.2) is 11.3 Å². The van der Waals surface area contributed by atoms with Gasteiger partial charge in [-0.25, -0.2) is 4.99 Å². The first-order chi connectivity index (χ1) is 10.6. The molecule has 0 fully saturated rings. The zero-order chi connectivity index (χ0) is 15.7. The van der Waals surface area contributed by atoms with Crippen LogP contribution in [-0.2, 0) is 0 Å². The molecular weight excluding hydrogens is 344 g/mol. The lowest BCUT2D eigenvalue weighted by Crippen LogP contribution is -2.17. The van der Waals surface area contributed by atoms with Crippen molar-refractivity contribution in [2.45, 2.75) is 6.92 Å². The fourth-order valence-corrected chi connectivity index (χ4v) is 2.46. The molecule has 0 radical (unpaired) electrons. The molecule has 110 valence electrons. The van der Waals surface area contributed by atoms with Crippen molar-refractivity contribution in [3.8, 4) is 0 Å². The Morgan fingerprint density at radius 1 is 1.23 bits per heavy atom. The van der Waals surface area contributed by atoms with E-state index in [1.54, 1.807) is 25.3 Å². The molecule has 0 aliphatic heterocycles. The Bertz CT molecular complexity index is 980. The van der Waals surface area contributed by atoms with Gasteiger partial charge in [-0.1, -0.05) is 12.1 Å². The van der Waals surface area contributed by atoms with E-state index in [0.717, 1.165) is 4.47 Å². The van der Waals surface area contributed by atoms with E-state index in [4.69, 9.17) is 5.41 Å². The second kappa shape index (κ2) is 5.73. The lowest BCUT2D eigenvalue weighted by molar-refractivity contribution is 1.13. The Balaban J connectivity index is 2.16. The van der Waals surface area contributed by atoms with Gasteiger partial charge in [0.25, 0.3) is 0 Å². The molecule has 0 bridgehead atoms. The van der Waals surface area contributed by atoms with Gasteiger partial charge in [0, 0.05) is 27.1 Å².